The summed E-state index contributed by atoms with van der Waals surface area (Å²) >= 11 is 0. The van der Waals surface area contributed by atoms with Crippen LogP contribution in [0.2, 0.25) is 0 Å². The van der Waals surface area contributed by atoms with Crippen LogP contribution in [0.5, 0.6) is 5.88 Å². The minimum atomic E-state index is -0.0454. The quantitative estimate of drug-likeness (QED) is 0.457. The summed E-state index contributed by atoms with van der Waals surface area (Å²) in [6.45, 7) is 4.63. The van der Waals surface area contributed by atoms with Gasteiger partial charge in [0.25, 0.3) is 0 Å². The second-order valence-corrected chi connectivity index (χ2v) is 7.82. The molecule has 0 unspecified atom stereocenters. The molecule has 2 heterocycles. The average Bonchev–Trinajstić information content (AvgIpc) is 2.92. The molecule has 1 aliphatic heterocycles. The van der Waals surface area contributed by atoms with Crippen LogP contribution in [0.3, 0.4) is 0 Å². The first-order valence-corrected chi connectivity index (χ1v) is 10.1. The Morgan fingerprint density at radius 3 is 2.48 bits per heavy atom. The van der Waals surface area contributed by atoms with Crippen molar-refractivity contribution in [2.24, 2.45) is 0 Å². The maximum absolute atomic E-state index is 6.51. The summed E-state index contributed by atoms with van der Waals surface area (Å²) in [4.78, 5) is 7.36. The molecule has 3 heteroatoms. The van der Waals surface area contributed by atoms with E-state index in [2.05, 4.69) is 90.7 Å². The summed E-state index contributed by atoms with van der Waals surface area (Å²) in [5.74, 6) is 0.757. The van der Waals surface area contributed by atoms with Crippen LogP contribution in [0.4, 0.5) is 0 Å². The summed E-state index contributed by atoms with van der Waals surface area (Å²) in [6.07, 6.45) is -0.0454. The molecule has 144 valence electrons. The average molecular weight is 380 g/mol. The largest absolute Gasteiger partial charge is 0.468 e. The van der Waals surface area contributed by atoms with Crippen molar-refractivity contribution in [2.75, 3.05) is 6.54 Å². The minimum Gasteiger partial charge on any atom is -0.468 e. The first-order valence-electron chi connectivity index (χ1n) is 10.1. The maximum Gasteiger partial charge on any atom is 0.219 e. The number of hydrogen-bond acceptors (Lipinski definition) is 3. The normalized spacial score (nSPS) is 16.8. The van der Waals surface area contributed by atoms with Crippen LogP contribution in [0.1, 0.15) is 28.4 Å². The molecule has 5 rings (SSSR count). The Bertz CT molecular complexity index is 1130. The first-order chi connectivity index (χ1) is 14.2. The molecule has 3 aromatic carbocycles. The highest BCUT2D eigenvalue weighted by Crippen LogP contribution is 2.32. The van der Waals surface area contributed by atoms with Crippen LogP contribution in [-0.2, 0) is 13.1 Å². The Balaban J connectivity index is 1.56. The van der Waals surface area contributed by atoms with E-state index in [0.29, 0.717) is 0 Å². The molecule has 1 atom stereocenters. The van der Waals surface area contributed by atoms with Crippen molar-refractivity contribution in [3.63, 3.8) is 0 Å². The number of pyridine rings is 1. The van der Waals surface area contributed by atoms with Gasteiger partial charge in [0.2, 0.25) is 5.88 Å². The zero-order valence-electron chi connectivity index (χ0n) is 16.6. The molecule has 1 aromatic heterocycles. The van der Waals surface area contributed by atoms with E-state index < -0.39 is 0 Å². The Morgan fingerprint density at radius 1 is 0.931 bits per heavy atom. The third-order valence-electron chi connectivity index (χ3n) is 5.50. The molecule has 0 radical (unpaired) electrons. The van der Waals surface area contributed by atoms with Gasteiger partial charge in [-0.15, -0.1) is 0 Å². The number of nitrogens with zero attached hydrogens (tertiary/aromatic N) is 2. The molecule has 4 aromatic rings. The number of benzene rings is 3. The molecule has 0 aliphatic carbocycles. The molecule has 0 bridgehead atoms. The number of hydrogen-bond donors (Lipinski definition) is 0. The van der Waals surface area contributed by atoms with Crippen LogP contribution < -0.4 is 4.74 Å². The third-order valence-corrected chi connectivity index (χ3v) is 5.50. The van der Waals surface area contributed by atoms with Gasteiger partial charge in [0.1, 0.15) is 6.10 Å². The molecule has 0 spiro atoms. The van der Waals surface area contributed by atoms with Gasteiger partial charge < -0.3 is 4.74 Å². The lowest BCUT2D eigenvalue weighted by atomic mass is 10.1. The summed E-state index contributed by atoms with van der Waals surface area (Å²) in [7, 11) is 0. The zero-order valence-corrected chi connectivity index (χ0v) is 16.6. The lowest BCUT2D eigenvalue weighted by Gasteiger charge is -2.24. The summed E-state index contributed by atoms with van der Waals surface area (Å²) in [5, 5.41) is 1.16. The van der Waals surface area contributed by atoms with E-state index in [0.717, 1.165) is 42.0 Å². The van der Waals surface area contributed by atoms with Gasteiger partial charge in [-0.2, -0.15) is 0 Å². The second kappa shape index (κ2) is 7.69. The molecule has 0 N–H and O–H groups in total. The SMILES string of the molecule is Cc1ccc2cc3c(nc2c1)O[C@H](c1ccccc1)CN(Cc1ccccc1)C3. The molecule has 0 amide bonds. The predicted octanol–water partition coefficient (Wildman–Crippen LogP) is 5.68. The highest BCUT2D eigenvalue weighted by Gasteiger charge is 2.25. The van der Waals surface area contributed by atoms with E-state index in [9.17, 15) is 0 Å². The Morgan fingerprint density at radius 2 is 1.69 bits per heavy atom. The van der Waals surface area contributed by atoms with Crippen LogP contribution >= 0.6 is 0 Å². The molecule has 3 nitrogen and oxygen atoms in total. The molecular formula is C26H24N2O. The van der Waals surface area contributed by atoms with E-state index >= 15 is 0 Å². The van der Waals surface area contributed by atoms with Crippen LogP contribution in [0.25, 0.3) is 10.9 Å². The highest BCUT2D eigenvalue weighted by atomic mass is 16.5. The van der Waals surface area contributed by atoms with Gasteiger partial charge in [-0.25, -0.2) is 4.98 Å². The highest BCUT2D eigenvalue weighted by molar-refractivity contribution is 5.80. The van der Waals surface area contributed by atoms with E-state index in [1.165, 1.54) is 16.7 Å². The van der Waals surface area contributed by atoms with Crippen LogP contribution in [-0.4, -0.2) is 16.4 Å². The first kappa shape index (κ1) is 17.9. The number of fused-ring (bicyclic) bond motifs is 2. The summed E-state index contributed by atoms with van der Waals surface area (Å²) in [5.41, 5.74) is 5.85. The topological polar surface area (TPSA) is 25.4 Å². The van der Waals surface area contributed by atoms with Crippen molar-refractivity contribution in [2.45, 2.75) is 26.1 Å². The smallest absolute Gasteiger partial charge is 0.219 e. The number of aryl methyl sites for hydroxylation is 1. The van der Waals surface area contributed by atoms with E-state index in [1.54, 1.807) is 0 Å². The second-order valence-electron chi connectivity index (χ2n) is 7.82. The van der Waals surface area contributed by atoms with Gasteiger partial charge >= 0.3 is 0 Å². The Kier molecular flexibility index (Phi) is 4.74. The van der Waals surface area contributed by atoms with E-state index in [4.69, 9.17) is 9.72 Å². The molecule has 0 saturated heterocycles. The predicted molar refractivity (Wildman–Crippen MR) is 117 cm³/mol. The van der Waals surface area contributed by atoms with Crippen molar-refractivity contribution in [3.8, 4) is 5.88 Å². The molecular weight excluding hydrogens is 356 g/mol. The fourth-order valence-corrected chi connectivity index (χ4v) is 4.03. The number of ether oxygens (including phenoxy) is 1. The molecule has 0 saturated carbocycles. The fourth-order valence-electron chi connectivity index (χ4n) is 4.03. The molecule has 29 heavy (non-hydrogen) atoms. The monoisotopic (exact) mass is 380 g/mol. The summed E-state index contributed by atoms with van der Waals surface area (Å²) < 4.78 is 6.51. The molecule has 1 aliphatic rings. The van der Waals surface area contributed by atoms with E-state index in [-0.39, 0.29) is 6.10 Å². The maximum atomic E-state index is 6.51. The fraction of sp³-hybridized carbons (Fsp3) is 0.192. The lowest BCUT2D eigenvalue weighted by Crippen LogP contribution is -2.27. The summed E-state index contributed by atoms with van der Waals surface area (Å²) in [6, 6.07) is 29.8. The van der Waals surface area contributed by atoms with Gasteiger partial charge in [-0.3, -0.25) is 4.90 Å². The Labute approximate surface area is 171 Å². The van der Waals surface area contributed by atoms with Gasteiger partial charge in [0, 0.05) is 30.6 Å². The van der Waals surface area contributed by atoms with Crippen LogP contribution in [0.15, 0.2) is 84.9 Å². The van der Waals surface area contributed by atoms with Gasteiger partial charge in [0.05, 0.1) is 5.52 Å². The van der Waals surface area contributed by atoms with Gasteiger partial charge in [0.15, 0.2) is 0 Å². The number of aromatic nitrogens is 1. The van der Waals surface area contributed by atoms with Crippen molar-refractivity contribution < 1.29 is 4.74 Å². The van der Waals surface area contributed by atoms with Gasteiger partial charge in [-0.05, 0) is 35.7 Å². The zero-order chi connectivity index (χ0) is 19.6. The van der Waals surface area contributed by atoms with Crippen molar-refractivity contribution in [3.05, 3.63) is 107 Å². The standard InChI is InChI=1S/C26H24N2O/c1-19-12-13-22-15-23-17-28(16-20-8-4-2-5-9-20)18-25(21-10-6-3-7-11-21)29-26(23)27-24(22)14-19/h2-15,25H,16-18H2,1H3/t25-/m0/s1. The van der Waals surface area contributed by atoms with Crippen LogP contribution in [0, 0.1) is 6.92 Å². The molecule has 0 fully saturated rings. The minimum absolute atomic E-state index is 0.0454. The lowest BCUT2D eigenvalue weighted by molar-refractivity contribution is 0.140. The van der Waals surface area contributed by atoms with E-state index in [1.807, 2.05) is 6.07 Å². The number of rotatable bonds is 3. The third kappa shape index (κ3) is 3.87. The van der Waals surface area contributed by atoms with Crippen molar-refractivity contribution in [1.82, 2.24) is 9.88 Å². The Hall–Kier alpha value is -3.17. The van der Waals surface area contributed by atoms with Crippen molar-refractivity contribution in [1.29, 1.82) is 0 Å². The van der Waals surface area contributed by atoms with Gasteiger partial charge in [-0.1, -0.05) is 72.8 Å². The van der Waals surface area contributed by atoms with Crippen molar-refractivity contribution >= 4 is 10.9 Å².